The van der Waals surface area contributed by atoms with Crippen LogP contribution in [-0.2, 0) is 26.0 Å². The van der Waals surface area contributed by atoms with Crippen LogP contribution in [0.4, 0.5) is 5.69 Å². The second kappa shape index (κ2) is 10.3. The van der Waals surface area contributed by atoms with Crippen LogP contribution in [0.5, 0.6) is 0 Å². The van der Waals surface area contributed by atoms with Gasteiger partial charge in [0.25, 0.3) is 0 Å². The Balaban J connectivity index is 1.58. The Hall–Kier alpha value is -1.93. The topological polar surface area (TPSA) is 78.0 Å². The highest BCUT2D eigenvalue weighted by atomic mass is 32.2. The molecule has 4 rings (SSSR count). The van der Waals surface area contributed by atoms with Crippen LogP contribution in [0, 0.1) is 0 Å². The fraction of sp³-hybridized carbons (Fsp3) is 0.667. The molecule has 1 aromatic rings. The number of hydrogen-bond donors (Lipinski definition) is 0. The van der Waals surface area contributed by atoms with Gasteiger partial charge in [-0.1, -0.05) is 25.7 Å². The molecule has 3 aliphatic heterocycles. The van der Waals surface area contributed by atoms with E-state index in [2.05, 4.69) is 0 Å². The van der Waals surface area contributed by atoms with Gasteiger partial charge in [0.2, 0.25) is 21.8 Å². The van der Waals surface area contributed by atoms with E-state index in [-0.39, 0.29) is 18.4 Å². The van der Waals surface area contributed by atoms with Crippen molar-refractivity contribution < 1.29 is 18.0 Å². The lowest BCUT2D eigenvalue weighted by molar-refractivity contribution is -0.131. The first kappa shape index (κ1) is 23.2. The maximum atomic E-state index is 13.3. The summed E-state index contributed by atoms with van der Waals surface area (Å²) in [4.78, 5) is 29.6. The van der Waals surface area contributed by atoms with E-state index >= 15 is 0 Å². The third-order valence-electron chi connectivity index (χ3n) is 6.93. The SMILES string of the molecule is O=C(CN1C(=O)CCCc2cc(S(=O)(=O)N3CCCCCC3)ccc21)N1CCCCCC1. The van der Waals surface area contributed by atoms with Crippen LogP contribution < -0.4 is 4.90 Å². The lowest BCUT2D eigenvalue weighted by atomic mass is 10.1. The molecule has 2 fully saturated rings. The van der Waals surface area contributed by atoms with Crippen molar-refractivity contribution in [2.75, 3.05) is 37.6 Å². The number of amides is 2. The van der Waals surface area contributed by atoms with E-state index in [1.54, 1.807) is 27.4 Å². The minimum atomic E-state index is -3.55. The quantitative estimate of drug-likeness (QED) is 0.689. The maximum absolute atomic E-state index is 13.3. The summed E-state index contributed by atoms with van der Waals surface area (Å²) in [5.41, 5.74) is 1.53. The second-order valence-electron chi connectivity index (χ2n) is 9.24. The smallest absolute Gasteiger partial charge is 0.243 e. The Labute approximate surface area is 191 Å². The summed E-state index contributed by atoms with van der Waals surface area (Å²) in [6.45, 7) is 2.66. The van der Waals surface area contributed by atoms with E-state index in [0.717, 1.165) is 70.0 Å². The molecule has 0 aliphatic carbocycles. The molecule has 1 aromatic carbocycles. The van der Waals surface area contributed by atoms with Crippen LogP contribution in [0.3, 0.4) is 0 Å². The zero-order valence-electron chi connectivity index (χ0n) is 18.9. The number of hydrogen-bond acceptors (Lipinski definition) is 4. The molecule has 0 bridgehead atoms. The molecule has 176 valence electrons. The van der Waals surface area contributed by atoms with Gasteiger partial charge in [0, 0.05) is 38.3 Å². The highest BCUT2D eigenvalue weighted by molar-refractivity contribution is 7.89. The van der Waals surface area contributed by atoms with Gasteiger partial charge in [-0.2, -0.15) is 4.31 Å². The zero-order chi connectivity index (χ0) is 22.6. The molecule has 0 atom stereocenters. The van der Waals surface area contributed by atoms with E-state index in [0.29, 0.717) is 42.9 Å². The van der Waals surface area contributed by atoms with Gasteiger partial charge >= 0.3 is 0 Å². The molecular weight excluding hydrogens is 426 g/mol. The molecule has 3 heterocycles. The first-order valence-corrected chi connectivity index (χ1v) is 13.6. The molecule has 2 saturated heterocycles. The molecule has 2 amide bonds. The predicted octanol–water partition coefficient (Wildman–Crippen LogP) is 3.32. The van der Waals surface area contributed by atoms with Gasteiger partial charge in [-0.15, -0.1) is 0 Å². The molecule has 32 heavy (non-hydrogen) atoms. The Bertz CT molecular complexity index is 931. The van der Waals surface area contributed by atoms with Gasteiger partial charge in [-0.25, -0.2) is 8.42 Å². The lowest BCUT2D eigenvalue weighted by Gasteiger charge is -2.27. The van der Waals surface area contributed by atoms with Gasteiger partial charge in [0.05, 0.1) is 4.90 Å². The Kier molecular flexibility index (Phi) is 7.51. The Morgan fingerprint density at radius 1 is 0.812 bits per heavy atom. The minimum Gasteiger partial charge on any atom is -0.341 e. The summed E-state index contributed by atoms with van der Waals surface area (Å²) in [5.74, 6) is -0.0792. The number of nitrogens with zero attached hydrogens (tertiary/aromatic N) is 3. The van der Waals surface area contributed by atoms with Crippen molar-refractivity contribution in [1.82, 2.24) is 9.21 Å². The van der Waals surface area contributed by atoms with Crippen LogP contribution in [-0.4, -0.2) is 62.2 Å². The van der Waals surface area contributed by atoms with Crippen molar-refractivity contribution in [2.45, 2.75) is 75.5 Å². The number of sulfonamides is 1. The summed E-state index contributed by atoms with van der Waals surface area (Å²) >= 11 is 0. The van der Waals surface area contributed by atoms with Crippen molar-refractivity contribution in [3.8, 4) is 0 Å². The van der Waals surface area contributed by atoms with E-state index in [1.165, 1.54) is 0 Å². The molecule has 0 radical (unpaired) electrons. The largest absolute Gasteiger partial charge is 0.341 e. The van der Waals surface area contributed by atoms with Crippen molar-refractivity contribution in [3.05, 3.63) is 23.8 Å². The second-order valence-corrected chi connectivity index (χ2v) is 11.2. The Morgan fingerprint density at radius 2 is 1.44 bits per heavy atom. The first-order chi connectivity index (χ1) is 15.5. The number of rotatable bonds is 4. The highest BCUT2D eigenvalue weighted by Gasteiger charge is 2.30. The van der Waals surface area contributed by atoms with Crippen LogP contribution in [0.25, 0.3) is 0 Å². The molecule has 0 aromatic heterocycles. The number of fused-ring (bicyclic) bond motifs is 1. The van der Waals surface area contributed by atoms with Gasteiger partial charge in [0.15, 0.2) is 0 Å². The van der Waals surface area contributed by atoms with Gasteiger partial charge in [-0.3, -0.25) is 9.59 Å². The fourth-order valence-electron chi connectivity index (χ4n) is 5.05. The summed E-state index contributed by atoms with van der Waals surface area (Å²) in [6, 6.07) is 5.08. The van der Waals surface area contributed by atoms with Gasteiger partial charge in [0.1, 0.15) is 6.54 Å². The monoisotopic (exact) mass is 461 g/mol. The molecule has 7 nitrogen and oxygen atoms in total. The Morgan fingerprint density at radius 3 is 2.09 bits per heavy atom. The number of carbonyl (C=O) groups excluding carboxylic acids is 2. The van der Waals surface area contributed by atoms with Crippen LogP contribution in [0.15, 0.2) is 23.1 Å². The van der Waals surface area contributed by atoms with Crippen LogP contribution in [0.1, 0.15) is 69.8 Å². The van der Waals surface area contributed by atoms with Crippen molar-refractivity contribution >= 4 is 27.5 Å². The summed E-state index contributed by atoms with van der Waals surface area (Å²) < 4.78 is 28.1. The maximum Gasteiger partial charge on any atom is 0.243 e. The molecule has 0 saturated carbocycles. The normalized spacial score (nSPS) is 21.4. The van der Waals surface area contributed by atoms with E-state index in [4.69, 9.17) is 0 Å². The molecule has 3 aliphatic rings. The summed E-state index contributed by atoms with van der Waals surface area (Å²) in [5, 5.41) is 0. The van der Waals surface area contributed by atoms with Crippen molar-refractivity contribution in [3.63, 3.8) is 0 Å². The number of benzene rings is 1. The molecule has 0 spiro atoms. The molecule has 0 unspecified atom stereocenters. The minimum absolute atomic E-state index is 0.0191. The van der Waals surface area contributed by atoms with Gasteiger partial charge in [-0.05, 0) is 62.3 Å². The van der Waals surface area contributed by atoms with E-state index in [9.17, 15) is 18.0 Å². The number of carbonyl (C=O) groups is 2. The average molecular weight is 462 g/mol. The number of likely N-dealkylation sites (tertiary alicyclic amines) is 1. The standard InChI is InChI=1S/C24H35N3O4S/c28-23-11-9-10-20-18-21(32(30,31)26-16-7-3-4-8-17-26)12-13-22(20)27(23)19-24(29)25-14-5-1-2-6-15-25/h12-13,18H,1-11,14-17,19H2. The average Bonchev–Trinajstić information content (AvgIpc) is 3.27. The highest BCUT2D eigenvalue weighted by Crippen LogP contribution is 2.31. The number of anilines is 1. The van der Waals surface area contributed by atoms with E-state index in [1.807, 2.05) is 4.90 Å². The third kappa shape index (κ3) is 5.17. The zero-order valence-corrected chi connectivity index (χ0v) is 19.7. The van der Waals surface area contributed by atoms with Gasteiger partial charge < -0.3 is 9.80 Å². The molecule has 8 heteroatoms. The molecular formula is C24H35N3O4S. The van der Waals surface area contributed by atoms with Crippen molar-refractivity contribution in [2.24, 2.45) is 0 Å². The first-order valence-electron chi connectivity index (χ1n) is 12.2. The number of aryl methyl sites for hydroxylation is 1. The van der Waals surface area contributed by atoms with Crippen molar-refractivity contribution in [1.29, 1.82) is 0 Å². The van der Waals surface area contributed by atoms with Crippen LogP contribution in [0.2, 0.25) is 0 Å². The fourth-order valence-corrected chi connectivity index (χ4v) is 6.61. The van der Waals surface area contributed by atoms with Crippen LogP contribution >= 0.6 is 0 Å². The predicted molar refractivity (Wildman–Crippen MR) is 124 cm³/mol. The lowest BCUT2D eigenvalue weighted by Crippen LogP contribution is -2.43. The molecule has 0 N–H and O–H groups in total. The summed E-state index contributed by atoms with van der Waals surface area (Å²) in [7, 11) is -3.55. The van der Waals surface area contributed by atoms with E-state index < -0.39 is 10.0 Å². The summed E-state index contributed by atoms with van der Waals surface area (Å²) in [6.07, 6.45) is 9.89. The third-order valence-corrected chi connectivity index (χ3v) is 8.83.